The van der Waals surface area contributed by atoms with E-state index in [-0.39, 0.29) is 11.5 Å². The number of Topliss-reactive ketones (excluding diaryl/α,β-unsaturated/α-hetero) is 1. The SMILES string of the molecule is CC(=O)c1nc(C(C)(C)N)n(C)c(=O)c1O. The van der Waals surface area contributed by atoms with Crippen LogP contribution >= 0.6 is 0 Å². The van der Waals surface area contributed by atoms with Crippen LogP contribution in [0.25, 0.3) is 0 Å². The summed E-state index contributed by atoms with van der Waals surface area (Å²) in [5.74, 6) is -0.857. The first-order valence-corrected chi connectivity index (χ1v) is 4.76. The van der Waals surface area contributed by atoms with Gasteiger partial charge in [-0.15, -0.1) is 0 Å². The molecule has 0 radical (unpaired) electrons. The van der Waals surface area contributed by atoms with Crippen LogP contribution in [0.4, 0.5) is 0 Å². The van der Waals surface area contributed by atoms with E-state index in [9.17, 15) is 14.7 Å². The predicted octanol–water partition coefficient (Wildman–Crippen LogP) is -0.118. The molecule has 1 rings (SSSR count). The number of rotatable bonds is 2. The van der Waals surface area contributed by atoms with Crippen molar-refractivity contribution >= 4 is 5.78 Å². The van der Waals surface area contributed by atoms with Crippen LogP contribution in [0.2, 0.25) is 0 Å². The molecule has 1 heterocycles. The molecule has 0 fully saturated rings. The molecule has 1 aromatic rings. The molecule has 0 aliphatic heterocycles. The lowest BCUT2D eigenvalue weighted by Crippen LogP contribution is -2.38. The maximum Gasteiger partial charge on any atom is 0.296 e. The molecule has 0 saturated carbocycles. The van der Waals surface area contributed by atoms with Gasteiger partial charge >= 0.3 is 0 Å². The van der Waals surface area contributed by atoms with Crippen LogP contribution in [0.5, 0.6) is 5.75 Å². The fourth-order valence-corrected chi connectivity index (χ4v) is 1.41. The molecule has 6 nitrogen and oxygen atoms in total. The van der Waals surface area contributed by atoms with Crippen molar-refractivity contribution in [1.29, 1.82) is 0 Å². The van der Waals surface area contributed by atoms with Gasteiger partial charge in [0.1, 0.15) is 5.82 Å². The van der Waals surface area contributed by atoms with Gasteiger partial charge in [0.2, 0.25) is 5.75 Å². The Morgan fingerprint density at radius 3 is 2.38 bits per heavy atom. The molecule has 1 aromatic heterocycles. The normalized spacial score (nSPS) is 11.6. The van der Waals surface area contributed by atoms with E-state index < -0.39 is 22.6 Å². The number of aromatic hydroxyl groups is 1. The Morgan fingerprint density at radius 2 is 2.00 bits per heavy atom. The highest BCUT2D eigenvalue weighted by molar-refractivity contribution is 5.94. The Hall–Kier alpha value is -1.69. The Kier molecular flexibility index (Phi) is 2.87. The highest BCUT2D eigenvalue weighted by atomic mass is 16.3. The highest BCUT2D eigenvalue weighted by Gasteiger charge is 2.24. The van der Waals surface area contributed by atoms with Crippen molar-refractivity contribution < 1.29 is 9.90 Å². The maximum atomic E-state index is 11.6. The van der Waals surface area contributed by atoms with Gasteiger partial charge in [0.25, 0.3) is 5.56 Å². The third-order valence-electron chi connectivity index (χ3n) is 2.18. The summed E-state index contributed by atoms with van der Waals surface area (Å²) in [6.45, 7) is 4.56. The van der Waals surface area contributed by atoms with E-state index in [0.717, 1.165) is 4.57 Å². The van der Waals surface area contributed by atoms with Crippen molar-refractivity contribution in [2.24, 2.45) is 12.8 Å². The van der Waals surface area contributed by atoms with Gasteiger partial charge in [0, 0.05) is 14.0 Å². The topological polar surface area (TPSA) is 98.2 Å². The third-order valence-corrected chi connectivity index (χ3v) is 2.18. The fourth-order valence-electron chi connectivity index (χ4n) is 1.41. The molecule has 16 heavy (non-hydrogen) atoms. The minimum Gasteiger partial charge on any atom is -0.501 e. The maximum absolute atomic E-state index is 11.6. The van der Waals surface area contributed by atoms with Crippen LogP contribution in [0.3, 0.4) is 0 Å². The second-order valence-corrected chi connectivity index (χ2v) is 4.27. The summed E-state index contributed by atoms with van der Waals surface area (Å²) in [5.41, 5.74) is 4.05. The van der Waals surface area contributed by atoms with Gasteiger partial charge in [-0.05, 0) is 13.8 Å². The molecule has 0 bridgehead atoms. The molecule has 0 aromatic carbocycles. The number of nitrogens with zero attached hydrogens (tertiary/aromatic N) is 2. The fraction of sp³-hybridized carbons (Fsp3) is 0.500. The summed E-state index contributed by atoms with van der Waals surface area (Å²) in [7, 11) is 1.45. The standard InChI is InChI=1S/C10H15N3O3/c1-5(14)6-7(15)8(16)13(4)9(12-6)10(2,3)11/h15H,11H2,1-4H3. The minimum atomic E-state index is -0.869. The van der Waals surface area contributed by atoms with Crippen LogP contribution in [-0.2, 0) is 12.6 Å². The number of hydrogen-bond donors (Lipinski definition) is 2. The van der Waals surface area contributed by atoms with Gasteiger partial charge in [-0.2, -0.15) is 0 Å². The van der Waals surface area contributed by atoms with Gasteiger partial charge in [0.15, 0.2) is 11.5 Å². The van der Waals surface area contributed by atoms with Crippen molar-refractivity contribution in [2.45, 2.75) is 26.3 Å². The molecule has 0 saturated heterocycles. The van der Waals surface area contributed by atoms with E-state index in [1.165, 1.54) is 14.0 Å². The molecule has 6 heteroatoms. The molecule has 0 amide bonds. The van der Waals surface area contributed by atoms with Crippen LogP contribution in [0.15, 0.2) is 4.79 Å². The second kappa shape index (κ2) is 3.71. The first kappa shape index (κ1) is 12.4. The summed E-state index contributed by atoms with van der Waals surface area (Å²) in [6.07, 6.45) is 0. The van der Waals surface area contributed by atoms with Gasteiger partial charge in [-0.25, -0.2) is 4.98 Å². The number of ketones is 1. The lowest BCUT2D eigenvalue weighted by molar-refractivity contribution is 0.100. The zero-order valence-electron chi connectivity index (χ0n) is 9.74. The van der Waals surface area contributed by atoms with Crippen LogP contribution < -0.4 is 11.3 Å². The van der Waals surface area contributed by atoms with Gasteiger partial charge in [0.05, 0.1) is 5.54 Å². The van der Waals surface area contributed by atoms with E-state index in [1.807, 2.05) is 0 Å². The van der Waals surface area contributed by atoms with Gasteiger partial charge < -0.3 is 10.8 Å². The summed E-state index contributed by atoms with van der Waals surface area (Å²) < 4.78 is 1.14. The van der Waals surface area contributed by atoms with E-state index in [2.05, 4.69) is 4.98 Å². The molecule has 3 N–H and O–H groups in total. The Balaban J connectivity index is 3.68. The molecule has 0 atom stereocenters. The quantitative estimate of drug-likeness (QED) is 0.684. The van der Waals surface area contributed by atoms with Crippen LogP contribution in [0, 0.1) is 0 Å². The first-order chi connectivity index (χ1) is 7.16. The average molecular weight is 225 g/mol. The van der Waals surface area contributed by atoms with Crippen molar-refractivity contribution in [3.63, 3.8) is 0 Å². The molecule has 0 aliphatic rings. The van der Waals surface area contributed by atoms with Gasteiger partial charge in [-0.3, -0.25) is 14.2 Å². The average Bonchev–Trinajstić information content (AvgIpc) is 2.11. The van der Waals surface area contributed by atoms with Crippen LogP contribution in [0.1, 0.15) is 37.1 Å². The molecular formula is C10H15N3O3. The Morgan fingerprint density at radius 1 is 1.50 bits per heavy atom. The number of carbonyl (C=O) groups is 1. The number of hydrogen-bond acceptors (Lipinski definition) is 5. The summed E-state index contributed by atoms with van der Waals surface area (Å²) in [6, 6.07) is 0. The van der Waals surface area contributed by atoms with Gasteiger partial charge in [-0.1, -0.05) is 0 Å². The monoisotopic (exact) mass is 225 g/mol. The summed E-state index contributed by atoms with van der Waals surface area (Å²) in [4.78, 5) is 26.8. The first-order valence-electron chi connectivity index (χ1n) is 4.76. The molecule has 0 aliphatic carbocycles. The predicted molar refractivity (Wildman–Crippen MR) is 58.4 cm³/mol. The van der Waals surface area contributed by atoms with Crippen LogP contribution in [-0.4, -0.2) is 20.4 Å². The van der Waals surface area contributed by atoms with Crippen molar-refractivity contribution in [3.05, 3.63) is 21.9 Å². The Labute approximate surface area is 92.7 Å². The van der Waals surface area contributed by atoms with E-state index in [0.29, 0.717) is 0 Å². The minimum absolute atomic E-state index is 0.239. The summed E-state index contributed by atoms with van der Waals surface area (Å²) in [5, 5.41) is 9.48. The molecular weight excluding hydrogens is 210 g/mol. The second-order valence-electron chi connectivity index (χ2n) is 4.27. The van der Waals surface area contributed by atoms with E-state index >= 15 is 0 Å². The number of nitrogens with two attached hydrogens (primary N) is 1. The van der Waals surface area contributed by atoms with Crippen molar-refractivity contribution in [2.75, 3.05) is 0 Å². The van der Waals surface area contributed by atoms with E-state index in [4.69, 9.17) is 5.73 Å². The third kappa shape index (κ3) is 1.96. The number of aromatic nitrogens is 2. The molecule has 0 spiro atoms. The van der Waals surface area contributed by atoms with Crippen molar-refractivity contribution in [1.82, 2.24) is 9.55 Å². The zero-order chi connectivity index (χ0) is 12.7. The smallest absolute Gasteiger partial charge is 0.296 e. The Bertz CT molecular complexity index is 497. The molecule has 88 valence electrons. The summed E-state index contributed by atoms with van der Waals surface area (Å²) >= 11 is 0. The van der Waals surface area contributed by atoms with E-state index in [1.54, 1.807) is 13.8 Å². The largest absolute Gasteiger partial charge is 0.501 e. The zero-order valence-corrected chi connectivity index (χ0v) is 9.74. The van der Waals surface area contributed by atoms with Crippen molar-refractivity contribution in [3.8, 4) is 5.75 Å². The molecule has 0 unspecified atom stereocenters. The highest BCUT2D eigenvalue weighted by Crippen LogP contribution is 2.16. The lowest BCUT2D eigenvalue weighted by Gasteiger charge is -2.21. The lowest BCUT2D eigenvalue weighted by atomic mass is 10.1. The number of carbonyl (C=O) groups excluding carboxylic acids is 1.